The van der Waals surface area contributed by atoms with E-state index in [1.807, 2.05) is 0 Å². The molecule has 1 rings (SSSR count). The third-order valence-electron chi connectivity index (χ3n) is 2.19. The molecule has 3 nitrogen and oxygen atoms in total. The van der Waals surface area contributed by atoms with Crippen LogP contribution in [0.5, 0.6) is 5.88 Å². The summed E-state index contributed by atoms with van der Waals surface area (Å²) in [5.41, 5.74) is 0.614. The van der Waals surface area contributed by atoms with Gasteiger partial charge in [-0.1, -0.05) is 29.8 Å². The Morgan fingerprint density at radius 2 is 2.19 bits per heavy atom. The molecule has 88 valence electrons. The highest BCUT2D eigenvalue weighted by atomic mass is 79.9. The Hall–Kier alpha value is -0.900. The molecule has 16 heavy (non-hydrogen) atoms. The standard InChI is InChI=1S/C12H16BrNO2/c1-8(2)6-10(13)12(15)9-4-5-11(16-3)14-7-9/h4-5,7-8,10H,6H2,1-3H3. The molecule has 0 aromatic carbocycles. The van der Waals surface area contributed by atoms with Gasteiger partial charge in [0.25, 0.3) is 0 Å². The molecular formula is C12H16BrNO2. The molecule has 0 saturated heterocycles. The smallest absolute Gasteiger partial charge is 0.212 e. The van der Waals surface area contributed by atoms with Crippen LogP contribution in [0.3, 0.4) is 0 Å². The number of hydrogen-bond acceptors (Lipinski definition) is 3. The van der Waals surface area contributed by atoms with Gasteiger partial charge in [0.2, 0.25) is 5.88 Å². The first-order valence-corrected chi connectivity index (χ1v) is 6.14. The molecular weight excluding hydrogens is 270 g/mol. The maximum atomic E-state index is 12.0. The lowest BCUT2D eigenvalue weighted by molar-refractivity contribution is 0.0984. The van der Waals surface area contributed by atoms with Gasteiger partial charge in [-0.2, -0.15) is 0 Å². The molecule has 1 atom stereocenters. The Kier molecular flexibility index (Phi) is 4.93. The number of rotatable bonds is 5. The van der Waals surface area contributed by atoms with Gasteiger partial charge in [-0.25, -0.2) is 4.98 Å². The van der Waals surface area contributed by atoms with Crippen LogP contribution >= 0.6 is 15.9 Å². The molecule has 1 aromatic rings. The zero-order valence-corrected chi connectivity index (χ0v) is 11.3. The third kappa shape index (κ3) is 3.59. The summed E-state index contributed by atoms with van der Waals surface area (Å²) in [4.78, 5) is 15.8. The molecule has 0 aliphatic rings. The minimum Gasteiger partial charge on any atom is -0.481 e. The average Bonchev–Trinajstić information content (AvgIpc) is 2.27. The number of ketones is 1. The minimum absolute atomic E-state index is 0.0730. The van der Waals surface area contributed by atoms with Crippen molar-refractivity contribution in [2.24, 2.45) is 5.92 Å². The summed E-state index contributed by atoms with van der Waals surface area (Å²) in [7, 11) is 1.55. The number of alkyl halides is 1. The van der Waals surface area contributed by atoms with E-state index in [2.05, 4.69) is 34.8 Å². The summed E-state index contributed by atoms with van der Waals surface area (Å²) in [5, 5.41) is 0. The van der Waals surface area contributed by atoms with E-state index in [0.717, 1.165) is 6.42 Å². The van der Waals surface area contributed by atoms with Crippen molar-refractivity contribution >= 4 is 21.7 Å². The molecule has 1 aromatic heterocycles. The predicted molar refractivity (Wildman–Crippen MR) is 67.3 cm³/mol. The van der Waals surface area contributed by atoms with Crippen molar-refractivity contribution in [3.63, 3.8) is 0 Å². The lowest BCUT2D eigenvalue weighted by atomic mass is 10.0. The first kappa shape index (κ1) is 13.2. The minimum atomic E-state index is -0.136. The van der Waals surface area contributed by atoms with Crippen LogP contribution in [0.2, 0.25) is 0 Å². The molecule has 1 unspecified atom stereocenters. The summed E-state index contributed by atoms with van der Waals surface area (Å²) < 4.78 is 4.94. The van der Waals surface area contributed by atoms with Crippen molar-refractivity contribution in [1.82, 2.24) is 4.98 Å². The summed E-state index contributed by atoms with van der Waals surface area (Å²) in [6, 6.07) is 3.44. The van der Waals surface area contributed by atoms with E-state index in [4.69, 9.17) is 4.74 Å². The van der Waals surface area contributed by atoms with Crippen LogP contribution in [0, 0.1) is 5.92 Å². The van der Waals surface area contributed by atoms with Gasteiger partial charge in [0.15, 0.2) is 5.78 Å². The Bertz CT molecular complexity index is 349. The third-order valence-corrected chi connectivity index (χ3v) is 2.98. The highest BCUT2D eigenvalue weighted by Crippen LogP contribution is 2.18. The summed E-state index contributed by atoms with van der Waals surface area (Å²) >= 11 is 3.41. The van der Waals surface area contributed by atoms with Crippen molar-refractivity contribution in [2.75, 3.05) is 7.11 Å². The van der Waals surface area contributed by atoms with E-state index in [1.54, 1.807) is 25.4 Å². The Balaban J connectivity index is 2.72. The molecule has 4 heteroatoms. The van der Waals surface area contributed by atoms with Crippen LogP contribution in [0.25, 0.3) is 0 Å². The maximum Gasteiger partial charge on any atom is 0.212 e. The van der Waals surface area contributed by atoms with Crippen molar-refractivity contribution in [3.8, 4) is 5.88 Å². The van der Waals surface area contributed by atoms with E-state index in [1.165, 1.54) is 0 Å². The normalized spacial score (nSPS) is 12.6. The van der Waals surface area contributed by atoms with Crippen LogP contribution in [0.15, 0.2) is 18.3 Å². The molecule has 0 saturated carbocycles. The van der Waals surface area contributed by atoms with Crippen LogP contribution in [-0.4, -0.2) is 22.7 Å². The van der Waals surface area contributed by atoms with Gasteiger partial charge in [0, 0.05) is 17.8 Å². The number of aromatic nitrogens is 1. The lowest BCUT2D eigenvalue weighted by Gasteiger charge is -2.11. The summed E-state index contributed by atoms with van der Waals surface area (Å²) in [6.07, 6.45) is 2.38. The molecule has 0 spiro atoms. The fourth-order valence-corrected chi connectivity index (χ4v) is 2.36. The number of nitrogens with zero attached hydrogens (tertiary/aromatic N) is 1. The van der Waals surface area contributed by atoms with Gasteiger partial charge in [-0.15, -0.1) is 0 Å². The van der Waals surface area contributed by atoms with Crippen molar-refractivity contribution < 1.29 is 9.53 Å². The van der Waals surface area contributed by atoms with E-state index in [0.29, 0.717) is 17.4 Å². The SMILES string of the molecule is COc1ccc(C(=O)C(Br)CC(C)C)cn1. The molecule has 0 aliphatic heterocycles. The van der Waals surface area contributed by atoms with Crippen LogP contribution in [-0.2, 0) is 0 Å². The number of Topliss-reactive ketones (excluding diaryl/α,β-unsaturated/α-hetero) is 1. The van der Waals surface area contributed by atoms with Gasteiger partial charge in [0.1, 0.15) is 0 Å². The maximum absolute atomic E-state index is 12.0. The molecule has 0 amide bonds. The summed E-state index contributed by atoms with van der Waals surface area (Å²) in [5.74, 6) is 1.08. The average molecular weight is 286 g/mol. The second kappa shape index (κ2) is 5.99. The largest absolute Gasteiger partial charge is 0.481 e. The Labute approximate surface area is 104 Å². The summed E-state index contributed by atoms with van der Waals surface area (Å²) in [6.45, 7) is 4.18. The van der Waals surface area contributed by atoms with Crippen molar-refractivity contribution in [2.45, 2.75) is 25.1 Å². The van der Waals surface area contributed by atoms with Gasteiger partial charge < -0.3 is 4.74 Å². The first-order chi connectivity index (χ1) is 7.54. The number of halogens is 1. The number of carbonyl (C=O) groups excluding carboxylic acids is 1. The lowest BCUT2D eigenvalue weighted by Crippen LogP contribution is -2.16. The quantitative estimate of drug-likeness (QED) is 0.617. The van der Waals surface area contributed by atoms with Crippen molar-refractivity contribution in [1.29, 1.82) is 0 Å². The van der Waals surface area contributed by atoms with E-state index < -0.39 is 0 Å². The number of ether oxygens (including phenoxy) is 1. The van der Waals surface area contributed by atoms with Crippen LogP contribution in [0.4, 0.5) is 0 Å². The molecule has 0 fully saturated rings. The fraction of sp³-hybridized carbons (Fsp3) is 0.500. The highest BCUT2D eigenvalue weighted by molar-refractivity contribution is 9.10. The Morgan fingerprint density at radius 1 is 1.50 bits per heavy atom. The second-order valence-electron chi connectivity index (χ2n) is 4.05. The molecule has 0 aliphatic carbocycles. The van der Waals surface area contributed by atoms with Gasteiger partial charge in [-0.3, -0.25) is 4.79 Å². The topological polar surface area (TPSA) is 39.2 Å². The van der Waals surface area contributed by atoms with Gasteiger partial charge in [0.05, 0.1) is 11.9 Å². The molecule has 0 radical (unpaired) electrons. The second-order valence-corrected chi connectivity index (χ2v) is 5.16. The number of hydrogen-bond donors (Lipinski definition) is 0. The predicted octanol–water partition coefficient (Wildman–Crippen LogP) is 3.08. The van der Waals surface area contributed by atoms with Gasteiger partial charge >= 0.3 is 0 Å². The molecule has 0 bridgehead atoms. The first-order valence-electron chi connectivity index (χ1n) is 5.23. The number of pyridine rings is 1. The zero-order chi connectivity index (χ0) is 12.1. The molecule has 0 N–H and O–H groups in total. The monoisotopic (exact) mass is 285 g/mol. The molecule has 1 heterocycles. The van der Waals surface area contributed by atoms with Crippen molar-refractivity contribution in [3.05, 3.63) is 23.9 Å². The van der Waals surface area contributed by atoms with Crippen LogP contribution < -0.4 is 4.74 Å². The van der Waals surface area contributed by atoms with E-state index in [-0.39, 0.29) is 10.6 Å². The fourth-order valence-electron chi connectivity index (χ4n) is 1.35. The number of methoxy groups -OCH3 is 1. The van der Waals surface area contributed by atoms with Crippen LogP contribution in [0.1, 0.15) is 30.6 Å². The number of carbonyl (C=O) groups is 1. The van der Waals surface area contributed by atoms with Gasteiger partial charge in [-0.05, 0) is 18.4 Å². The van der Waals surface area contributed by atoms with E-state index in [9.17, 15) is 4.79 Å². The van der Waals surface area contributed by atoms with E-state index >= 15 is 0 Å². The zero-order valence-electron chi connectivity index (χ0n) is 9.74. The highest BCUT2D eigenvalue weighted by Gasteiger charge is 2.18. The Morgan fingerprint density at radius 3 is 2.62 bits per heavy atom.